The molecule has 0 bridgehead atoms. The van der Waals surface area contributed by atoms with Crippen molar-refractivity contribution in [2.75, 3.05) is 12.4 Å². The lowest BCUT2D eigenvalue weighted by atomic mass is 10.0. The fraction of sp³-hybridized carbons (Fsp3) is 0.312. The molecule has 8 heteroatoms. The number of carbonyl (C=O) groups is 2. The third-order valence-electron chi connectivity index (χ3n) is 3.79. The first-order chi connectivity index (χ1) is 11.5. The second kappa shape index (κ2) is 6.82. The van der Waals surface area contributed by atoms with E-state index in [1.807, 2.05) is 18.2 Å². The molecular weight excluding hydrogens is 348 g/mol. The average Bonchev–Trinajstić information content (AvgIpc) is 2.58. The number of aliphatic carboxylic acids is 1. The summed E-state index contributed by atoms with van der Waals surface area (Å²) in [5, 5.41) is 12.0. The number of fused-ring (bicyclic) bond motifs is 1. The summed E-state index contributed by atoms with van der Waals surface area (Å²) in [5.41, 5.74) is 1.01. The number of thiocarbonyl (C=S) groups is 1. The third kappa shape index (κ3) is 3.11. The molecule has 1 unspecified atom stereocenters. The van der Waals surface area contributed by atoms with Crippen molar-refractivity contribution < 1.29 is 19.4 Å². The number of para-hydroxylation sites is 1. The molecule has 0 radical (unpaired) electrons. The molecule has 0 aliphatic carbocycles. The molecule has 3 rings (SSSR count). The van der Waals surface area contributed by atoms with E-state index in [9.17, 15) is 14.7 Å². The molecule has 2 atom stereocenters. The van der Waals surface area contributed by atoms with Gasteiger partial charge >= 0.3 is 5.97 Å². The smallest absolute Gasteiger partial charge is 0.352 e. The van der Waals surface area contributed by atoms with Crippen LogP contribution in [0.3, 0.4) is 0 Å². The predicted molar refractivity (Wildman–Crippen MR) is 94.9 cm³/mol. The highest BCUT2D eigenvalue weighted by Gasteiger charge is 2.50. The predicted octanol–water partition coefficient (Wildman–Crippen LogP) is 1.62. The third-order valence-corrected chi connectivity index (χ3v) is 5.67. The fourth-order valence-corrected chi connectivity index (χ4v) is 4.52. The van der Waals surface area contributed by atoms with E-state index in [1.165, 1.54) is 0 Å². The number of benzene rings is 1. The van der Waals surface area contributed by atoms with Gasteiger partial charge in [-0.3, -0.25) is 4.79 Å². The van der Waals surface area contributed by atoms with E-state index in [4.69, 9.17) is 17.0 Å². The minimum absolute atomic E-state index is 0.110. The lowest BCUT2D eigenvalue weighted by molar-refractivity contribution is -0.134. The van der Waals surface area contributed by atoms with E-state index in [0.29, 0.717) is 16.5 Å². The number of carboxylic acids is 1. The molecule has 1 fully saturated rings. The van der Waals surface area contributed by atoms with Crippen LogP contribution in [0.1, 0.15) is 6.92 Å². The Balaban J connectivity index is 1.59. The van der Waals surface area contributed by atoms with Gasteiger partial charge in [0.1, 0.15) is 27.9 Å². The Hall–Kier alpha value is -2.06. The second-order valence-electron chi connectivity index (χ2n) is 5.49. The van der Waals surface area contributed by atoms with Crippen LogP contribution in [0.25, 0.3) is 0 Å². The van der Waals surface area contributed by atoms with Gasteiger partial charge in [-0.15, -0.1) is 11.8 Å². The number of thioether (sulfide) groups is 1. The minimum atomic E-state index is -0.989. The van der Waals surface area contributed by atoms with Crippen LogP contribution in [0.5, 0.6) is 5.75 Å². The van der Waals surface area contributed by atoms with Gasteiger partial charge in [-0.2, -0.15) is 0 Å². The largest absolute Gasteiger partial charge is 0.484 e. The Bertz CT molecular complexity index is 720. The van der Waals surface area contributed by atoms with Crippen molar-refractivity contribution in [3.63, 3.8) is 0 Å². The number of amides is 1. The van der Waals surface area contributed by atoms with Gasteiger partial charge in [0.25, 0.3) is 5.91 Å². The topological polar surface area (TPSA) is 78.9 Å². The van der Waals surface area contributed by atoms with E-state index in [1.54, 1.807) is 35.7 Å². The van der Waals surface area contributed by atoms with E-state index < -0.39 is 5.97 Å². The molecule has 1 amide bonds. The highest BCUT2D eigenvalue weighted by atomic mass is 32.2. The molecule has 1 aromatic rings. The first-order valence-electron chi connectivity index (χ1n) is 7.34. The quantitative estimate of drug-likeness (QED) is 0.769. The first-order valence-corrected chi connectivity index (χ1v) is 8.79. The van der Waals surface area contributed by atoms with Gasteiger partial charge in [0, 0.05) is 5.75 Å². The number of nitrogens with zero attached hydrogens (tertiary/aromatic N) is 1. The van der Waals surface area contributed by atoms with Crippen LogP contribution in [-0.2, 0) is 9.59 Å². The molecule has 126 valence electrons. The fourth-order valence-electron chi connectivity index (χ4n) is 2.66. The Labute approximate surface area is 148 Å². The molecule has 2 N–H and O–H groups in total. The molecule has 1 saturated heterocycles. The van der Waals surface area contributed by atoms with Crippen molar-refractivity contribution in [3.8, 4) is 5.75 Å². The van der Waals surface area contributed by atoms with Gasteiger partial charge in [0.2, 0.25) is 0 Å². The summed E-state index contributed by atoms with van der Waals surface area (Å²) in [7, 11) is 0. The molecule has 2 heterocycles. The number of nitrogens with one attached hydrogen (secondary N) is 1. The van der Waals surface area contributed by atoms with Gasteiger partial charge in [0.15, 0.2) is 6.61 Å². The second-order valence-corrected chi connectivity index (χ2v) is 7.01. The van der Waals surface area contributed by atoms with Crippen LogP contribution in [0.4, 0.5) is 0 Å². The van der Waals surface area contributed by atoms with E-state index in [2.05, 4.69) is 5.32 Å². The maximum absolute atomic E-state index is 12.1. The van der Waals surface area contributed by atoms with Crippen molar-refractivity contribution in [2.24, 2.45) is 0 Å². The monoisotopic (exact) mass is 364 g/mol. The lowest BCUT2D eigenvalue weighted by Crippen LogP contribution is -2.70. The lowest BCUT2D eigenvalue weighted by Gasteiger charge is -2.51. The first kappa shape index (κ1) is 16.8. The van der Waals surface area contributed by atoms with Gasteiger partial charge in [-0.25, -0.2) is 4.79 Å². The van der Waals surface area contributed by atoms with Crippen LogP contribution >= 0.6 is 24.0 Å². The highest BCUT2D eigenvalue weighted by molar-refractivity contribution is 8.00. The summed E-state index contributed by atoms with van der Waals surface area (Å²) >= 11 is 6.88. The standard InChI is InChI=1S/C16H16N2O4S2/c1-9-8-24-15-12(14(23)18(15)13(9)16(20)21)17-11(19)7-22-10-5-3-2-4-6-10/h2-6,12,15H,7-8H2,1H3,(H,17,19)(H,20,21)/t12-,15?/m0/s1. The van der Waals surface area contributed by atoms with Crippen molar-refractivity contribution in [2.45, 2.75) is 18.3 Å². The number of hydrogen-bond acceptors (Lipinski definition) is 5. The Morgan fingerprint density at radius 2 is 2.12 bits per heavy atom. The summed E-state index contributed by atoms with van der Waals surface area (Å²) in [6, 6.07) is 8.71. The molecule has 2 aliphatic rings. The van der Waals surface area contributed by atoms with E-state index >= 15 is 0 Å². The zero-order valence-electron chi connectivity index (χ0n) is 12.9. The summed E-state index contributed by atoms with van der Waals surface area (Å²) < 4.78 is 5.41. The summed E-state index contributed by atoms with van der Waals surface area (Å²) in [6.45, 7) is 1.68. The van der Waals surface area contributed by atoms with Crippen LogP contribution in [0, 0.1) is 0 Å². The van der Waals surface area contributed by atoms with Crippen molar-refractivity contribution in [1.82, 2.24) is 10.2 Å². The maximum atomic E-state index is 12.1. The SMILES string of the molecule is CC1=C(C(=O)O)N2C(=S)[C@H](NC(=O)COc3ccccc3)C2SC1. The number of ether oxygens (including phenoxy) is 1. The van der Waals surface area contributed by atoms with Gasteiger partial charge in [-0.1, -0.05) is 30.4 Å². The number of carbonyl (C=O) groups excluding carboxylic acids is 1. The molecule has 2 aliphatic heterocycles. The molecular formula is C16H16N2O4S2. The molecule has 0 aromatic heterocycles. The molecule has 6 nitrogen and oxygen atoms in total. The normalized spacial score (nSPS) is 22.5. The van der Waals surface area contributed by atoms with E-state index in [-0.39, 0.29) is 29.6 Å². The Morgan fingerprint density at radius 1 is 1.42 bits per heavy atom. The molecule has 0 saturated carbocycles. The summed E-state index contributed by atoms with van der Waals surface area (Å²) in [4.78, 5) is 25.5. The van der Waals surface area contributed by atoms with Crippen LogP contribution < -0.4 is 10.1 Å². The maximum Gasteiger partial charge on any atom is 0.352 e. The van der Waals surface area contributed by atoms with E-state index in [0.717, 1.165) is 5.57 Å². The van der Waals surface area contributed by atoms with Crippen molar-refractivity contribution in [3.05, 3.63) is 41.6 Å². The molecule has 1 aromatic carbocycles. The Kier molecular flexibility index (Phi) is 4.77. The summed E-state index contributed by atoms with van der Waals surface area (Å²) in [5.74, 6) is -0.0469. The van der Waals surface area contributed by atoms with Gasteiger partial charge in [0.05, 0.1) is 0 Å². The summed E-state index contributed by atoms with van der Waals surface area (Å²) in [6.07, 6.45) is 0. The van der Waals surface area contributed by atoms with Crippen molar-refractivity contribution >= 4 is 40.8 Å². The highest BCUT2D eigenvalue weighted by Crippen LogP contribution is 2.40. The number of carboxylic acid groups (broad SMARTS) is 1. The van der Waals surface area contributed by atoms with Gasteiger partial charge in [-0.05, 0) is 24.6 Å². The van der Waals surface area contributed by atoms with Crippen LogP contribution in [-0.4, -0.2) is 50.6 Å². The number of rotatable bonds is 5. The average molecular weight is 364 g/mol. The van der Waals surface area contributed by atoms with Crippen LogP contribution in [0.15, 0.2) is 41.6 Å². The minimum Gasteiger partial charge on any atom is -0.484 e. The molecule has 24 heavy (non-hydrogen) atoms. The van der Waals surface area contributed by atoms with Crippen LogP contribution in [0.2, 0.25) is 0 Å². The number of hydrogen-bond donors (Lipinski definition) is 2. The Morgan fingerprint density at radius 3 is 2.79 bits per heavy atom. The van der Waals surface area contributed by atoms with Crippen molar-refractivity contribution in [1.29, 1.82) is 0 Å². The zero-order valence-corrected chi connectivity index (χ0v) is 14.5. The zero-order chi connectivity index (χ0) is 17.3. The van der Waals surface area contributed by atoms with Gasteiger partial charge < -0.3 is 20.1 Å². The molecule has 0 spiro atoms.